The first-order chi connectivity index (χ1) is 16.4. The Morgan fingerprint density at radius 1 is 1.09 bits per heavy atom. The van der Waals surface area contributed by atoms with Crippen LogP contribution in [0.1, 0.15) is 42.1 Å². The van der Waals surface area contributed by atoms with E-state index in [2.05, 4.69) is 23.8 Å². The molecule has 1 aromatic carbocycles. The van der Waals surface area contributed by atoms with E-state index in [1.165, 1.54) is 4.90 Å². The highest BCUT2D eigenvalue weighted by molar-refractivity contribution is 6.46. The molecule has 2 aromatic heterocycles. The van der Waals surface area contributed by atoms with Gasteiger partial charge in [0.25, 0.3) is 11.7 Å². The predicted molar refractivity (Wildman–Crippen MR) is 128 cm³/mol. The van der Waals surface area contributed by atoms with E-state index in [0.29, 0.717) is 29.4 Å². The van der Waals surface area contributed by atoms with E-state index in [4.69, 9.17) is 4.74 Å². The molecule has 0 unspecified atom stereocenters. The van der Waals surface area contributed by atoms with Crippen LogP contribution >= 0.6 is 0 Å². The van der Waals surface area contributed by atoms with Crippen LogP contribution in [-0.2, 0) is 16.1 Å². The van der Waals surface area contributed by atoms with E-state index < -0.39 is 17.7 Å². The van der Waals surface area contributed by atoms with Crippen molar-refractivity contribution in [1.29, 1.82) is 0 Å². The molecular weight excluding hydrogens is 430 g/mol. The lowest BCUT2D eigenvalue weighted by Gasteiger charge is -2.25. The number of aliphatic hydroxyl groups excluding tert-OH is 1. The standard InChI is InChI=1S/C27H27N3O4/c1-17(2)16-34-22-7-6-21(13-18(22)3)25(31)23-24(20-8-11-28-12-9-20)30(27(33)26(23)32)15-19-5-4-10-29-14-19/h4-14,17,24,31H,15-16H2,1-3H3/t24-/m0/s1. The summed E-state index contributed by atoms with van der Waals surface area (Å²) in [5.41, 5.74) is 2.80. The molecule has 1 saturated heterocycles. The van der Waals surface area contributed by atoms with Crippen LogP contribution in [0.4, 0.5) is 0 Å². The summed E-state index contributed by atoms with van der Waals surface area (Å²) in [5.74, 6) is -0.509. The molecule has 1 amide bonds. The number of aryl methyl sites for hydroxylation is 1. The van der Waals surface area contributed by atoms with Crippen LogP contribution in [0.3, 0.4) is 0 Å². The Morgan fingerprint density at radius 2 is 1.85 bits per heavy atom. The maximum atomic E-state index is 13.2. The van der Waals surface area contributed by atoms with E-state index in [1.807, 2.05) is 13.0 Å². The number of aliphatic hydroxyl groups is 1. The second kappa shape index (κ2) is 9.87. The van der Waals surface area contributed by atoms with Gasteiger partial charge in [-0.3, -0.25) is 19.6 Å². The number of nitrogens with zero attached hydrogens (tertiary/aromatic N) is 3. The van der Waals surface area contributed by atoms with Gasteiger partial charge in [0.15, 0.2) is 0 Å². The van der Waals surface area contributed by atoms with Gasteiger partial charge in [0.05, 0.1) is 18.2 Å². The van der Waals surface area contributed by atoms with Gasteiger partial charge in [-0.25, -0.2) is 0 Å². The molecule has 0 radical (unpaired) electrons. The van der Waals surface area contributed by atoms with Crippen molar-refractivity contribution in [3.63, 3.8) is 0 Å². The first-order valence-electron chi connectivity index (χ1n) is 11.2. The molecule has 0 saturated carbocycles. The molecule has 1 fully saturated rings. The number of carbonyl (C=O) groups is 2. The van der Waals surface area contributed by atoms with Gasteiger partial charge < -0.3 is 14.7 Å². The van der Waals surface area contributed by atoms with Crippen molar-refractivity contribution >= 4 is 17.4 Å². The highest BCUT2D eigenvalue weighted by Crippen LogP contribution is 2.40. The number of Topliss-reactive ketones (excluding diaryl/α,β-unsaturated/α-hetero) is 1. The third-order valence-electron chi connectivity index (χ3n) is 5.66. The van der Waals surface area contributed by atoms with Crippen molar-refractivity contribution in [3.8, 4) is 5.75 Å². The Kier molecular flexibility index (Phi) is 6.72. The predicted octanol–water partition coefficient (Wildman–Crippen LogP) is 4.44. The molecule has 7 nitrogen and oxygen atoms in total. The number of carbonyl (C=O) groups excluding carboxylic acids is 2. The summed E-state index contributed by atoms with van der Waals surface area (Å²) in [7, 11) is 0. The zero-order valence-electron chi connectivity index (χ0n) is 19.4. The van der Waals surface area contributed by atoms with Crippen molar-refractivity contribution in [3.05, 3.63) is 95.1 Å². The zero-order chi connectivity index (χ0) is 24.2. The molecule has 7 heteroatoms. The van der Waals surface area contributed by atoms with Gasteiger partial charge in [-0.2, -0.15) is 0 Å². The molecule has 0 aliphatic carbocycles. The summed E-state index contributed by atoms with van der Waals surface area (Å²) in [6, 6.07) is 11.6. The van der Waals surface area contributed by atoms with E-state index in [0.717, 1.165) is 11.1 Å². The first-order valence-corrected chi connectivity index (χ1v) is 11.2. The number of aromatic nitrogens is 2. The van der Waals surface area contributed by atoms with Crippen LogP contribution in [0.15, 0.2) is 72.8 Å². The molecule has 1 aliphatic heterocycles. The summed E-state index contributed by atoms with van der Waals surface area (Å²) >= 11 is 0. The molecule has 1 atom stereocenters. The van der Waals surface area contributed by atoms with Crippen molar-refractivity contribution in [2.24, 2.45) is 5.92 Å². The van der Waals surface area contributed by atoms with E-state index >= 15 is 0 Å². The number of likely N-dealkylation sites (tertiary alicyclic amines) is 1. The monoisotopic (exact) mass is 457 g/mol. The third-order valence-corrected chi connectivity index (χ3v) is 5.66. The van der Waals surface area contributed by atoms with Gasteiger partial charge in [-0.1, -0.05) is 19.9 Å². The molecule has 0 bridgehead atoms. The number of hydrogen-bond acceptors (Lipinski definition) is 6. The fraction of sp³-hybridized carbons (Fsp3) is 0.259. The fourth-order valence-corrected chi connectivity index (χ4v) is 3.99. The fourth-order valence-electron chi connectivity index (χ4n) is 3.99. The Morgan fingerprint density at radius 3 is 2.50 bits per heavy atom. The third kappa shape index (κ3) is 4.69. The second-order valence-corrected chi connectivity index (χ2v) is 8.75. The van der Waals surface area contributed by atoms with E-state index in [-0.39, 0.29) is 17.9 Å². The average Bonchev–Trinajstić information content (AvgIpc) is 3.09. The molecule has 3 heterocycles. The van der Waals surface area contributed by atoms with Crippen molar-refractivity contribution in [2.75, 3.05) is 6.61 Å². The lowest BCUT2D eigenvalue weighted by molar-refractivity contribution is -0.140. The number of hydrogen-bond donors (Lipinski definition) is 1. The average molecular weight is 458 g/mol. The van der Waals surface area contributed by atoms with Gasteiger partial charge in [-0.15, -0.1) is 0 Å². The summed E-state index contributed by atoms with van der Waals surface area (Å²) in [6.07, 6.45) is 6.51. The highest BCUT2D eigenvalue weighted by Gasteiger charge is 2.46. The quantitative estimate of drug-likeness (QED) is 0.320. The summed E-state index contributed by atoms with van der Waals surface area (Å²) < 4.78 is 5.83. The minimum Gasteiger partial charge on any atom is -0.507 e. The van der Waals surface area contributed by atoms with Crippen LogP contribution in [0.5, 0.6) is 5.75 Å². The number of amides is 1. The molecule has 1 aliphatic rings. The maximum Gasteiger partial charge on any atom is 0.295 e. The largest absolute Gasteiger partial charge is 0.507 e. The number of ketones is 1. The van der Waals surface area contributed by atoms with Gasteiger partial charge >= 0.3 is 0 Å². The molecule has 34 heavy (non-hydrogen) atoms. The Labute approximate surface area is 198 Å². The van der Waals surface area contributed by atoms with Crippen LogP contribution < -0.4 is 4.74 Å². The van der Waals surface area contributed by atoms with Crippen molar-refractivity contribution in [2.45, 2.75) is 33.4 Å². The highest BCUT2D eigenvalue weighted by atomic mass is 16.5. The normalized spacial score (nSPS) is 17.4. The first kappa shape index (κ1) is 23.2. The van der Waals surface area contributed by atoms with Crippen LogP contribution in [0.25, 0.3) is 5.76 Å². The van der Waals surface area contributed by atoms with Crippen LogP contribution in [-0.4, -0.2) is 38.3 Å². The second-order valence-electron chi connectivity index (χ2n) is 8.75. The molecule has 4 rings (SSSR count). The zero-order valence-corrected chi connectivity index (χ0v) is 19.4. The molecule has 0 spiro atoms. The molecule has 3 aromatic rings. The maximum absolute atomic E-state index is 13.2. The van der Waals surface area contributed by atoms with Crippen molar-refractivity contribution in [1.82, 2.24) is 14.9 Å². The number of benzene rings is 1. The molecular formula is C27H27N3O4. The lowest BCUT2D eigenvalue weighted by atomic mass is 9.95. The number of pyridine rings is 2. The summed E-state index contributed by atoms with van der Waals surface area (Å²) in [5, 5.41) is 11.3. The van der Waals surface area contributed by atoms with Crippen LogP contribution in [0, 0.1) is 12.8 Å². The van der Waals surface area contributed by atoms with Crippen LogP contribution in [0.2, 0.25) is 0 Å². The Hall–Kier alpha value is -4.00. The molecule has 1 N–H and O–H groups in total. The number of ether oxygens (including phenoxy) is 1. The Balaban J connectivity index is 1.77. The molecule has 174 valence electrons. The van der Waals surface area contributed by atoms with E-state index in [1.54, 1.807) is 61.2 Å². The number of rotatable bonds is 7. The minimum atomic E-state index is -0.750. The van der Waals surface area contributed by atoms with E-state index in [9.17, 15) is 14.7 Å². The Bertz CT molecular complexity index is 1220. The van der Waals surface area contributed by atoms with Gasteiger partial charge in [-0.05, 0) is 65.9 Å². The van der Waals surface area contributed by atoms with Gasteiger partial charge in [0.1, 0.15) is 11.5 Å². The lowest BCUT2D eigenvalue weighted by Crippen LogP contribution is -2.29. The topological polar surface area (TPSA) is 92.6 Å². The van der Waals surface area contributed by atoms with Gasteiger partial charge in [0, 0.05) is 36.9 Å². The SMILES string of the molecule is Cc1cc(C(O)=C2C(=O)C(=O)N(Cc3cccnc3)[C@H]2c2ccncc2)ccc1OCC(C)C. The minimum absolute atomic E-state index is 0.0512. The summed E-state index contributed by atoms with van der Waals surface area (Å²) in [6.45, 7) is 6.78. The smallest absolute Gasteiger partial charge is 0.295 e. The summed E-state index contributed by atoms with van der Waals surface area (Å²) in [4.78, 5) is 35.9. The van der Waals surface area contributed by atoms with Crippen molar-refractivity contribution < 1.29 is 19.4 Å². The van der Waals surface area contributed by atoms with Gasteiger partial charge in [0.2, 0.25) is 0 Å².